The number of nitrogens with one attached hydrogen (secondary N) is 1. The molecule has 0 bridgehead atoms. The molecule has 2 aromatic rings. The number of amidine groups is 1. The van der Waals surface area contributed by atoms with Crippen LogP contribution in [0.4, 0.5) is 5.95 Å². The second kappa shape index (κ2) is 8.40. The van der Waals surface area contributed by atoms with Crippen molar-refractivity contribution < 1.29 is 4.74 Å². The number of morpholine rings is 1. The number of aliphatic imine (C=N–C) groups is 1. The van der Waals surface area contributed by atoms with Crippen LogP contribution in [0.3, 0.4) is 0 Å². The van der Waals surface area contributed by atoms with E-state index in [-0.39, 0.29) is 11.2 Å². The highest BCUT2D eigenvalue weighted by molar-refractivity contribution is 5.82. The van der Waals surface area contributed by atoms with E-state index < -0.39 is 0 Å². The van der Waals surface area contributed by atoms with Crippen LogP contribution in [-0.4, -0.2) is 63.9 Å². The fourth-order valence-electron chi connectivity index (χ4n) is 3.96. The maximum absolute atomic E-state index is 12.9. The summed E-state index contributed by atoms with van der Waals surface area (Å²) < 4.78 is 10.0. The Morgan fingerprint density at radius 2 is 1.90 bits per heavy atom. The molecule has 0 saturated carbocycles. The van der Waals surface area contributed by atoms with Gasteiger partial charge in [0, 0.05) is 53.2 Å². The van der Waals surface area contributed by atoms with E-state index in [1.165, 1.54) is 18.0 Å². The zero-order chi connectivity index (χ0) is 20.4. The van der Waals surface area contributed by atoms with Crippen molar-refractivity contribution in [3.05, 3.63) is 20.8 Å². The van der Waals surface area contributed by atoms with Crippen molar-refractivity contribution in [2.24, 2.45) is 19.1 Å². The summed E-state index contributed by atoms with van der Waals surface area (Å²) in [5.41, 5.74) is 0.243. The molecule has 10 heteroatoms. The molecule has 0 radical (unpaired) electrons. The predicted octanol–water partition coefficient (Wildman–Crippen LogP) is -0.168. The van der Waals surface area contributed by atoms with Gasteiger partial charge in [0.2, 0.25) is 5.95 Å². The summed E-state index contributed by atoms with van der Waals surface area (Å²) in [6.45, 7) is 5.01. The van der Waals surface area contributed by atoms with Crippen molar-refractivity contribution in [3.63, 3.8) is 0 Å². The minimum Gasteiger partial charge on any atom is -0.378 e. The first kappa shape index (κ1) is 19.7. The summed E-state index contributed by atoms with van der Waals surface area (Å²) in [6.07, 6.45) is 4.18. The normalized spacial score (nSPS) is 17.6. The highest BCUT2D eigenvalue weighted by Crippen LogP contribution is 2.21. The third kappa shape index (κ3) is 3.81. The Hall–Kier alpha value is -2.62. The average molecular weight is 403 g/mol. The van der Waals surface area contributed by atoms with E-state index in [4.69, 9.17) is 9.72 Å². The average Bonchev–Trinajstić information content (AvgIpc) is 3.15. The van der Waals surface area contributed by atoms with Crippen LogP contribution in [-0.2, 0) is 25.4 Å². The lowest BCUT2D eigenvalue weighted by Gasteiger charge is -2.28. The smallest absolute Gasteiger partial charge is 0.332 e. The Bertz CT molecular complexity index is 1030. The molecule has 10 nitrogen and oxygen atoms in total. The number of hydrogen-bond acceptors (Lipinski definition) is 7. The van der Waals surface area contributed by atoms with E-state index in [1.54, 1.807) is 7.05 Å². The van der Waals surface area contributed by atoms with Crippen LogP contribution in [0.5, 0.6) is 0 Å². The van der Waals surface area contributed by atoms with Gasteiger partial charge in [-0.25, -0.2) is 4.79 Å². The van der Waals surface area contributed by atoms with Crippen LogP contribution < -0.4 is 21.5 Å². The number of hydrogen-bond donors (Lipinski definition) is 1. The minimum atomic E-state index is -0.363. The molecule has 29 heavy (non-hydrogen) atoms. The molecule has 1 N–H and O–H groups in total. The van der Waals surface area contributed by atoms with Crippen molar-refractivity contribution in [1.82, 2.24) is 24.0 Å². The number of rotatable bonds is 5. The van der Waals surface area contributed by atoms with E-state index in [2.05, 4.69) is 15.2 Å². The molecule has 0 aromatic carbocycles. The molecule has 4 rings (SSSR count). The molecule has 1 fully saturated rings. The SMILES string of the molecule is Cn1c(=O)c2c(nc(N3CCOCC3)n2CCCNC2=NCCCC2)n(C)c1=O. The second-order valence-electron chi connectivity index (χ2n) is 7.61. The molecule has 0 aliphatic carbocycles. The maximum Gasteiger partial charge on any atom is 0.332 e. The molecule has 4 heterocycles. The number of anilines is 1. The summed E-state index contributed by atoms with van der Waals surface area (Å²) >= 11 is 0. The van der Waals surface area contributed by atoms with E-state index in [0.29, 0.717) is 44.0 Å². The second-order valence-corrected chi connectivity index (χ2v) is 7.61. The molecule has 2 aromatic heterocycles. The number of aromatic nitrogens is 4. The standard InChI is InChI=1S/C19H29N7O3/c1-23-16-15(17(27)24(2)19(23)28)26(18(22-16)25-10-12-29-13-11-25)9-5-8-21-14-6-3-4-7-20-14/h3-13H2,1-2H3,(H,20,21). The lowest BCUT2D eigenvalue weighted by Crippen LogP contribution is -2.39. The molecular formula is C19H29N7O3. The van der Waals surface area contributed by atoms with Crippen LogP contribution in [0.25, 0.3) is 11.2 Å². The summed E-state index contributed by atoms with van der Waals surface area (Å²) in [5, 5.41) is 3.42. The summed E-state index contributed by atoms with van der Waals surface area (Å²) in [7, 11) is 3.17. The van der Waals surface area contributed by atoms with Crippen LogP contribution in [0, 0.1) is 0 Å². The zero-order valence-electron chi connectivity index (χ0n) is 17.2. The van der Waals surface area contributed by atoms with E-state index in [0.717, 1.165) is 48.7 Å². The fraction of sp³-hybridized carbons (Fsp3) is 0.684. The third-order valence-electron chi connectivity index (χ3n) is 5.63. The van der Waals surface area contributed by atoms with Crippen LogP contribution in [0.15, 0.2) is 14.6 Å². The Morgan fingerprint density at radius 3 is 2.62 bits per heavy atom. The molecular weight excluding hydrogens is 374 g/mol. The van der Waals surface area contributed by atoms with Gasteiger partial charge in [0.05, 0.1) is 19.0 Å². The molecule has 2 aliphatic heterocycles. The lowest BCUT2D eigenvalue weighted by atomic mass is 10.2. The van der Waals surface area contributed by atoms with Crippen molar-refractivity contribution in [2.75, 3.05) is 44.3 Å². The first-order chi connectivity index (χ1) is 14.1. The van der Waals surface area contributed by atoms with Gasteiger partial charge < -0.3 is 19.5 Å². The van der Waals surface area contributed by atoms with Gasteiger partial charge in [0.15, 0.2) is 11.2 Å². The Kier molecular flexibility index (Phi) is 5.70. The van der Waals surface area contributed by atoms with E-state index in [9.17, 15) is 9.59 Å². The van der Waals surface area contributed by atoms with Crippen LogP contribution in [0.1, 0.15) is 25.7 Å². The largest absolute Gasteiger partial charge is 0.378 e. The van der Waals surface area contributed by atoms with Crippen molar-refractivity contribution >= 4 is 22.9 Å². The van der Waals surface area contributed by atoms with Gasteiger partial charge in [-0.1, -0.05) is 0 Å². The topological polar surface area (TPSA) is 98.7 Å². The minimum absolute atomic E-state index is 0.306. The van der Waals surface area contributed by atoms with Gasteiger partial charge in [0.1, 0.15) is 0 Å². The first-order valence-corrected chi connectivity index (χ1v) is 10.3. The van der Waals surface area contributed by atoms with Crippen molar-refractivity contribution in [2.45, 2.75) is 32.2 Å². The van der Waals surface area contributed by atoms with Gasteiger partial charge in [-0.05, 0) is 19.3 Å². The number of aryl methyl sites for hydroxylation is 2. The van der Waals surface area contributed by atoms with Crippen molar-refractivity contribution in [3.8, 4) is 0 Å². The Labute approximate surface area is 168 Å². The van der Waals surface area contributed by atoms with Crippen molar-refractivity contribution in [1.29, 1.82) is 0 Å². The molecule has 1 saturated heterocycles. The third-order valence-corrected chi connectivity index (χ3v) is 5.63. The van der Waals surface area contributed by atoms with Gasteiger partial charge in [-0.2, -0.15) is 4.98 Å². The number of fused-ring (bicyclic) bond motifs is 1. The summed E-state index contributed by atoms with van der Waals surface area (Å²) in [4.78, 5) is 36.6. The van der Waals surface area contributed by atoms with Gasteiger partial charge in [0.25, 0.3) is 5.56 Å². The van der Waals surface area contributed by atoms with Gasteiger partial charge in [-0.3, -0.25) is 18.9 Å². The van der Waals surface area contributed by atoms with E-state index >= 15 is 0 Å². The fourth-order valence-corrected chi connectivity index (χ4v) is 3.96. The first-order valence-electron chi connectivity index (χ1n) is 10.3. The molecule has 158 valence electrons. The monoisotopic (exact) mass is 403 g/mol. The summed E-state index contributed by atoms with van der Waals surface area (Å²) in [6, 6.07) is 0. The Balaban J connectivity index is 1.64. The number of nitrogens with zero attached hydrogens (tertiary/aromatic N) is 6. The molecule has 2 aliphatic rings. The molecule has 0 unspecified atom stereocenters. The maximum atomic E-state index is 12.9. The number of ether oxygens (including phenoxy) is 1. The highest BCUT2D eigenvalue weighted by Gasteiger charge is 2.23. The zero-order valence-corrected chi connectivity index (χ0v) is 17.2. The molecule has 0 amide bonds. The molecule has 0 atom stereocenters. The molecule has 0 spiro atoms. The predicted molar refractivity (Wildman–Crippen MR) is 112 cm³/mol. The van der Waals surface area contributed by atoms with Crippen LogP contribution in [0.2, 0.25) is 0 Å². The van der Waals surface area contributed by atoms with Gasteiger partial charge >= 0.3 is 5.69 Å². The lowest BCUT2D eigenvalue weighted by molar-refractivity contribution is 0.121. The van der Waals surface area contributed by atoms with Gasteiger partial charge in [-0.15, -0.1) is 0 Å². The number of imidazole rings is 1. The summed E-state index contributed by atoms with van der Waals surface area (Å²) in [5.74, 6) is 1.81. The van der Waals surface area contributed by atoms with E-state index in [1.807, 2.05) is 4.57 Å². The van der Waals surface area contributed by atoms with Crippen LogP contribution >= 0.6 is 0 Å². The highest BCUT2D eigenvalue weighted by atomic mass is 16.5. The Morgan fingerprint density at radius 1 is 1.10 bits per heavy atom. The quantitative estimate of drug-likeness (QED) is 0.696.